The molecule has 1 heterocycles. The summed E-state index contributed by atoms with van der Waals surface area (Å²) in [5, 5.41) is 0. The summed E-state index contributed by atoms with van der Waals surface area (Å²) in [4.78, 5) is 14.0. The molecule has 0 saturated carbocycles. The zero-order valence-corrected chi connectivity index (χ0v) is 12.3. The molecule has 1 atom stereocenters. The molecule has 0 aromatic heterocycles. The number of hydrogen-bond donors (Lipinski definition) is 0. The van der Waals surface area contributed by atoms with Crippen LogP contribution in [0.4, 0.5) is 4.79 Å². The molecule has 19 heavy (non-hydrogen) atoms. The van der Waals surface area contributed by atoms with Gasteiger partial charge in [0.15, 0.2) is 0 Å². The fourth-order valence-corrected chi connectivity index (χ4v) is 2.92. The lowest BCUT2D eigenvalue weighted by molar-refractivity contribution is 0.0751. The molecule has 3 heteroatoms. The van der Waals surface area contributed by atoms with E-state index in [2.05, 4.69) is 39.0 Å². The monoisotopic (exact) mass is 261 g/mol. The fourth-order valence-electron chi connectivity index (χ4n) is 2.92. The van der Waals surface area contributed by atoms with Crippen molar-refractivity contribution in [1.29, 1.82) is 0 Å². The number of hydrogen-bond acceptors (Lipinski definition) is 2. The van der Waals surface area contributed by atoms with Crippen LogP contribution in [0.5, 0.6) is 0 Å². The van der Waals surface area contributed by atoms with Crippen molar-refractivity contribution < 1.29 is 9.53 Å². The van der Waals surface area contributed by atoms with E-state index in [4.69, 9.17) is 4.74 Å². The van der Waals surface area contributed by atoms with Gasteiger partial charge in [-0.25, -0.2) is 4.79 Å². The molecule has 0 aliphatic carbocycles. The van der Waals surface area contributed by atoms with Crippen molar-refractivity contribution in [3.63, 3.8) is 0 Å². The van der Waals surface area contributed by atoms with Crippen molar-refractivity contribution in [3.8, 4) is 0 Å². The highest BCUT2D eigenvalue weighted by atomic mass is 16.6. The van der Waals surface area contributed by atoms with Crippen molar-refractivity contribution in [1.82, 2.24) is 4.90 Å². The third kappa shape index (κ3) is 2.75. The van der Waals surface area contributed by atoms with Gasteiger partial charge in [-0.15, -0.1) is 0 Å². The van der Waals surface area contributed by atoms with Crippen LogP contribution in [0.3, 0.4) is 0 Å². The Labute approximate surface area is 115 Å². The molecule has 1 amide bonds. The number of fused-ring (bicyclic) bond motifs is 1. The number of carbonyl (C=O) groups excluding carboxylic acids is 1. The Hall–Kier alpha value is -1.51. The average Bonchev–Trinajstić information content (AvgIpc) is 2.37. The molecule has 2 rings (SSSR count). The van der Waals surface area contributed by atoms with E-state index in [0.29, 0.717) is 12.5 Å². The van der Waals surface area contributed by atoms with Crippen LogP contribution in [-0.4, -0.2) is 24.1 Å². The summed E-state index contributed by atoms with van der Waals surface area (Å²) < 4.78 is 5.19. The third-order valence-electron chi connectivity index (χ3n) is 3.71. The minimum Gasteiger partial charge on any atom is -0.450 e. The summed E-state index contributed by atoms with van der Waals surface area (Å²) in [5.41, 5.74) is 3.94. The normalized spacial score (nSPS) is 18.4. The van der Waals surface area contributed by atoms with Gasteiger partial charge < -0.3 is 9.64 Å². The number of nitrogens with zero attached hydrogens (tertiary/aromatic N) is 1. The minimum absolute atomic E-state index is 0.128. The molecule has 0 bridgehead atoms. The number of aryl methyl sites for hydroxylation is 1. The summed E-state index contributed by atoms with van der Waals surface area (Å²) in [6.07, 6.45) is 0.728. The Morgan fingerprint density at radius 2 is 2.21 bits per heavy atom. The second-order valence-corrected chi connectivity index (χ2v) is 5.53. The van der Waals surface area contributed by atoms with Gasteiger partial charge in [-0.1, -0.05) is 37.6 Å². The van der Waals surface area contributed by atoms with Crippen molar-refractivity contribution >= 4 is 6.09 Å². The average molecular weight is 261 g/mol. The molecular weight excluding hydrogens is 238 g/mol. The molecule has 0 spiro atoms. The molecule has 0 radical (unpaired) electrons. The van der Waals surface area contributed by atoms with Crippen LogP contribution in [0.25, 0.3) is 0 Å². The highest BCUT2D eigenvalue weighted by Gasteiger charge is 2.33. The Balaban J connectivity index is 2.36. The molecule has 1 aliphatic heterocycles. The maximum atomic E-state index is 12.1. The van der Waals surface area contributed by atoms with E-state index in [-0.39, 0.29) is 12.1 Å². The Kier molecular flexibility index (Phi) is 4.13. The van der Waals surface area contributed by atoms with E-state index in [0.717, 1.165) is 13.0 Å². The first-order chi connectivity index (χ1) is 9.04. The SMILES string of the molecule is CCOC(=O)N1CCc2cc(C)ccc2C1C(C)C. The van der Waals surface area contributed by atoms with Gasteiger partial charge in [-0.3, -0.25) is 0 Å². The molecule has 0 N–H and O–H groups in total. The van der Waals surface area contributed by atoms with Crippen LogP contribution in [0, 0.1) is 12.8 Å². The van der Waals surface area contributed by atoms with Crippen molar-refractivity contribution in [2.24, 2.45) is 5.92 Å². The molecule has 1 unspecified atom stereocenters. The van der Waals surface area contributed by atoms with Gasteiger partial charge in [0.25, 0.3) is 0 Å². The molecule has 104 valence electrons. The van der Waals surface area contributed by atoms with Crippen LogP contribution in [0.2, 0.25) is 0 Å². The summed E-state index contributed by atoms with van der Waals surface area (Å²) in [6, 6.07) is 6.67. The maximum absolute atomic E-state index is 12.1. The van der Waals surface area contributed by atoms with Crippen LogP contribution in [0.15, 0.2) is 18.2 Å². The van der Waals surface area contributed by atoms with Crippen molar-refractivity contribution in [3.05, 3.63) is 34.9 Å². The van der Waals surface area contributed by atoms with Crippen LogP contribution in [-0.2, 0) is 11.2 Å². The van der Waals surface area contributed by atoms with E-state index in [1.54, 1.807) is 0 Å². The lowest BCUT2D eigenvalue weighted by Crippen LogP contribution is -2.42. The number of amides is 1. The summed E-state index contributed by atoms with van der Waals surface area (Å²) in [7, 11) is 0. The quantitative estimate of drug-likeness (QED) is 0.812. The molecular formula is C16H23NO2. The zero-order chi connectivity index (χ0) is 14.0. The summed E-state index contributed by atoms with van der Waals surface area (Å²) >= 11 is 0. The predicted molar refractivity (Wildman–Crippen MR) is 76.2 cm³/mol. The molecule has 0 saturated heterocycles. The minimum atomic E-state index is -0.188. The number of ether oxygens (including phenoxy) is 1. The van der Waals surface area contributed by atoms with Crippen molar-refractivity contribution in [2.45, 2.75) is 40.2 Å². The van der Waals surface area contributed by atoms with E-state index in [1.165, 1.54) is 16.7 Å². The Morgan fingerprint density at radius 3 is 2.84 bits per heavy atom. The lowest BCUT2D eigenvalue weighted by atomic mass is 9.86. The standard InChI is InChI=1S/C16H23NO2/c1-5-19-16(18)17-9-8-13-10-12(4)6-7-14(13)15(17)11(2)3/h6-7,10-11,15H,5,8-9H2,1-4H3. The maximum Gasteiger partial charge on any atom is 0.410 e. The van der Waals surface area contributed by atoms with E-state index in [9.17, 15) is 4.79 Å². The molecule has 0 fully saturated rings. The van der Waals surface area contributed by atoms with Gasteiger partial charge in [0, 0.05) is 6.54 Å². The first kappa shape index (κ1) is 13.9. The number of carbonyl (C=O) groups is 1. The van der Waals surface area contributed by atoms with Gasteiger partial charge in [0.05, 0.1) is 12.6 Å². The van der Waals surface area contributed by atoms with Crippen LogP contribution < -0.4 is 0 Å². The van der Waals surface area contributed by atoms with Gasteiger partial charge in [-0.05, 0) is 37.3 Å². The predicted octanol–water partition coefficient (Wildman–Crippen LogP) is 3.71. The van der Waals surface area contributed by atoms with Crippen molar-refractivity contribution in [2.75, 3.05) is 13.2 Å². The zero-order valence-electron chi connectivity index (χ0n) is 12.3. The molecule has 1 aromatic carbocycles. The largest absolute Gasteiger partial charge is 0.450 e. The number of rotatable bonds is 2. The summed E-state index contributed by atoms with van der Waals surface area (Å²) in [6.45, 7) is 9.46. The highest BCUT2D eigenvalue weighted by molar-refractivity contribution is 5.69. The fraction of sp³-hybridized carbons (Fsp3) is 0.562. The van der Waals surface area contributed by atoms with Crippen LogP contribution >= 0.6 is 0 Å². The molecule has 3 nitrogen and oxygen atoms in total. The van der Waals surface area contributed by atoms with Crippen LogP contribution in [0.1, 0.15) is 43.5 Å². The molecule has 1 aliphatic rings. The molecule has 1 aromatic rings. The first-order valence-electron chi connectivity index (χ1n) is 7.07. The van der Waals surface area contributed by atoms with Gasteiger partial charge in [0.1, 0.15) is 0 Å². The van der Waals surface area contributed by atoms with E-state index < -0.39 is 0 Å². The van der Waals surface area contributed by atoms with Gasteiger partial charge in [-0.2, -0.15) is 0 Å². The smallest absolute Gasteiger partial charge is 0.410 e. The Bertz CT molecular complexity index is 468. The Morgan fingerprint density at radius 1 is 1.47 bits per heavy atom. The first-order valence-corrected chi connectivity index (χ1v) is 7.07. The van der Waals surface area contributed by atoms with E-state index in [1.807, 2.05) is 11.8 Å². The van der Waals surface area contributed by atoms with E-state index >= 15 is 0 Å². The second-order valence-electron chi connectivity index (χ2n) is 5.53. The van der Waals surface area contributed by atoms with Gasteiger partial charge >= 0.3 is 6.09 Å². The third-order valence-corrected chi connectivity index (χ3v) is 3.71. The van der Waals surface area contributed by atoms with Gasteiger partial charge in [0.2, 0.25) is 0 Å². The second kappa shape index (κ2) is 5.64. The lowest BCUT2D eigenvalue weighted by Gasteiger charge is -2.39. The highest BCUT2D eigenvalue weighted by Crippen LogP contribution is 2.35. The number of benzene rings is 1. The topological polar surface area (TPSA) is 29.5 Å². The summed E-state index contributed by atoms with van der Waals surface area (Å²) in [5.74, 6) is 0.381.